The second kappa shape index (κ2) is 6.85. The third-order valence-corrected chi connectivity index (χ3v) is 2.88. The van der Waals surface area contributed by atoms with Gasteiger partial charge in [0.25, 0.3) is 0 Å². The van der Waals surface area contributed by atoms with Gasteiger partial charge in [-0.1, -0.05) is 0 Å². The molecule has 0 heterocycles. The standard InChI is InChI=1S/C10H13BFIN3/c11-7-16(13)4-3-15-10-2-1-8(6-14)5-9(10)12/h1-2,5,7,15H,3-4,6,14H2. The van der Waals surface area contributed by atoms with Crippen molar-refractivity contribution in [2.24, 2.45) is 5.73 Å². The van der Waals surface area contributed by atoms with E-state index in [9.17, 15) is 4.39 Å². The Kier molecular flexibility index (Phi) is 5.75. The van der Waals surface area contributed by atoms with Crippen LogP contribution in [0.25, 0.3) is 0 Å². The van der Waals surface area contributed by atoms with Gasteiger partial charge in [0.05, 0.1) is 0 Å². The Morgan fingerprint density at radius 1 is 1.56 bits per heavy atom. The number of nitrogens with two attached hydrogens (primary N) is 1. The topological polar surface area (TPSA) is 41.3 Å². The molecule has 1 rings (SSSR count). The molecule has 0 unspecified atom stereocenters. The number of hydrogen-bond acceptors (Lipinski definition) is 3. The molecule has 0 aromatic heterocycles. The number of nitrogens with one attached hydrogen (secondary N) is 1. The summed E-state index contributed by atoms with van der Waals surface area (Å²) in [7, 11) is 5.30. The molecule has 0 fully saturated rings. The predicted molar refractivity (Wildman–Crippen MR) is 75.3 cm³/mol. The molecule has 0 aliphatic heterocycles. The van der Waals surface area contributed by atoms with Crippen LogP contribution in [-0.2, 0) is 6.54 Å². The van der Waals surface area contributed by atoms with Crippen LogP contribution in [0.2, 0.25) is 0 Å². The van der Waals surface area contributed by atoms with Crippen molar-refractivity contribution in [1.29, 1.82) is 0 Å². The van der Waals surface area contributed by atoms with Crippen molar-refractivity contribution in [3.05, 3.63) is 29.6 Å². The molecule has 0 spiro atoms. The second-order valence-electron chi connectivity index (χ2n) is 3.22. The van der Waals surface area contributed by atoms with Gasteiger partial charge >= 0.3 is 110 Å². The molecule has 85 valence electrons. The first-order valence-corrected chi connectivity index (χ1v) is 5.83. The molecule has 0 saturated carbocycles. The van der Waals surface area contributed by atoms with Gasteiger partial charge in [0.2, 0.25) is 0 Å². The first-order chi connectivity index (χ1) is 7.67. The fraction of sp³-hybridized carbons (Fsp3) is 0.300. The molecule has 0 bridgehead atoms. The number of rotatable bonds is 6. The maximum atomic E-state index is 13.5. The molecule has 0 aliphatic carbocycles. The average Bonchev–Trinajstić information content (AvgIpc) is 2.30. The van der Waals surface area contributed by atoms with Gasteiger partial charge in [0, 0.05) is 0 Å². The maximum absolute atomic E-state index is 13.5. The number of anilines is 1. The predicted octanol–water partition coefficient (Wildman–Crippen LogP) is 1.28. The van der Waals surface area contributed by atoms with Crippen LogP contribution in [0, 0.1) is 5.82 Å². The van der Waals surface area contributed by atoms with Crippen LogP contribution in [-0.4, -0.2) is 29.8 Å². The zero-order valence-electron chi connectivity index (χ0n) is 8.79. The third kappa shape index (κ3) is 4.09. The van der Waals surface area contributed by atoms with E-state index in [1.807, 2.05) is 6.07 Å². The van der Waals surface area contributed by atoms with E-state index in [2.05, 4.69) is 28.2 Å². The Hall–Kier alpha value is -0.625. The monoisotopic (exact) mass is 332 g/mol. The SMILES string of the molecule is [B]=CN(I)CCNc1ccc(CN)cc1F. The molecule has 0 saturated heterocycles. The molecule has 1 radical (unpaired) electrons. The van der Waals surface area contributed by atoms with Crippen LogP contribution in [0.5, 0.6) is 0 Å². The van der Waals surface area contributed by atoms with E-state index >= 15 is 0 Å². The summed E-state index contributed by atoms with van der Waals surface area (Å²) in [5.41, 5.74) is 6.69. The second-order valence-corrected chi connectivity index (χ2v) is 4.46. The Balaban J connectivity index is 2.51. The third-order valence-electron chi connectivity index (χ3n) is 2.07. The summed E-state index contributed by atoms with van der Waals surface area (Å²) < 4.78 is 15.3. The van der Waals surface area contributed by atoms with Crippen molar-refractivity contribution in [2.45, 2.75) is 6.54 Å². The molecule has 6 heteroatoms. The van der Waals surface area contributed by atoms with Crippen molar-refractivity contribution in [3.8, 4) is 0 Å². The normalized spacial score (nSPS) is 9.88. The number of benzene rings is 1. The average molecular weight is 332 g/mol. The minimum atomic E-state index is -0.278. The Bertz CT molecular complexity index is 362. The van der Waals surface area contributed by atoms with Gasteiger partial charge in [-0.25, -0.2) is 0 Å². The summed E-state index contributed by atoms with van der Waals surface area (Å²) in [6.45, 7) is 1.67. The molecule has 0 atom stereocenters. The van der Waals surface area contributed by atoms with Gasteiger partial charge in [0.15, 0.2) is 0 Å². The first kappa shape index (κ1) is 13.4. The van der Waals surface area contributed by atoms with Crippen LogP contribution in [0.4, 0.5) is 10.1 Å². The molecular weight excluding hydrogens is 319 g/mol. The van der Waals surface area contributed by atoms with Crippen LogP contribution in [0.1, 0.15) is 5.56 Å². The molecule has 16 heavy (non-hydrogen) atoms. The van der Waals surface area contributed by atoms with Gasteiger partial charge in [-0.2, -0.15) is 0 Å². The zero-order chi connectivity index (χ0) is 12.0. The molecule has 1 aromatic carbocycles. The number of hydrogen-bond donors (Lipinski definition) is 2. The fourth-order valence-electron chi connectivity index (χ4n) is 1.20. The molecule has 1 aromatic rings. The van der Waals surface area contributed by atoms with Crippen LogP contribution in [0.15, 0.2) is 18.2 Å². The van der Waals surface area contributed by atoms with E-state index in [4.69, 9.17) is 13.2 Å². The molecule has 0 aliphatic rings. The van der Waals surface area contributed by atoms with Crippen LogP contribution < -0.4 is 11.1 Å². The molecule has 3 nitrogen and oxygen atoms in total. The Morgan fingerprint density at radius 3 is 2.88 bits per heavy atom. The van der Waals surface area contributed by atoms with Gasteiger partial charge in [-0.15, -0.1) is 0 Å². The van der Waals surface area contributed by atoms with E-state index in [-0.39, 0.29) is 5.82 Å². The summed E-state index contributed by atoms with van der Waals surface area (Å²) in [6.07, 6.45) is 1.47. The minimum absolute atomic E-state index is 0.278. The quantitative estimate of drug-likeness (QED) is 0.469. The summed E-state index contributed by atoms with van der Waals surface area (Å²) in [5, 5.41) is 2.99. The van der Waals surface area contributed by atoms with E-state index in [1.165, 1.54) is 12.2 Å². The Morgan fingerprint density at radius 2 is 2.31 bits per heavy atom. The van der Waals surface area contributed by atoms with Crippen molar-refractivity contribution in [1.82, 2.24) is 3.11 Å². The number of halogens is 2. The first-order valence-electron chi connectivity index (χ1n) is 4.87. The summed E-state index contributed by atoms with van der Waals surface area (Å²) in [6, 6.07) is 4.95. The zero-order valence-corrected chi connectivity index (χ0v) is 10.9. The molecule has 3 N–H and O–H groups in total. The van der Waals surface area contributed by atoms with Gasteiger partial charge in [-0.05, 0) is 0 Å². The van der Waals surface area contributed by atoms with Crippen molar-refractivity contribution >= 4 is 42.1 Å². The van der Waals surface area contributed by atoms with Crippen molar-refractivity contribution < 1.29 is 4.39 Å². The van der Waals surface area contributed by atoms with E-state index < -0.39 is 0 Å². The Labute approximate surface area is 110 Å². The summed E-state index contributed by atoms with van der Waals surface area (Å²) in [4.78, 5) is 0. The van der Waals surface area contributed by atoms with Crippen molar-refractivity contribution in [2.75, 3.05) is 18.4 Å². The van der Waals surface area contributed by atoms with E-state index in [0.29, 0.717) is 25.3 Å². The van der Waals surface area contributed by atoms with Gasteiger partial charge in [0.1, 0.15) is 0 Å². The summed E-state index contributed by atoms with van der Waals surface area (Å²) >= 11 is 2.07. The molecule has 0 amide bonds. The van der Waals surface area contributed by atoms with Crippen molar-refractivity contribution in [3.63, 3.8) is 0 Å². The van der Waals surface area contributed by atoms with E-state index in [0.717, 1.165) is 5.56 Å². The van der Waals surface area contributed by atoms with Gasteiger partial charge < -0.3 is 0 Å². The van der Waals surface area contributed by atoms with Gasteiger partial charge in [-0.3, -0.25) is 0 Å². The molecular formula is C10H13BFIN3. The number of nitrogens with zero attached hydrogens (tertiary/aromatic N) is 1. The van der Waals surface area contributed by atoms with Crippen LogP contribution in [0.3, 0.4) is 0 Å². The van der Waals surface area contributed by atoms with Crippen LogP contribution >= 0.6 is 22.9 Å². The fourth-order valence-corrected chi connectivity index (χ4v) is 1.44. The summed E-state index contributed by atoms with van der Waals surface area (Å²) in [5.74, 6) is -0.278. The van der Waals surface area contributed by atoms with E-state index in [1.54, 1.807) is 9.18 Å².